The zero-order chi connectivity index (χ0) is 10.7. The van der Waals surface area contributed by atoms with Gasteiger partial charge < -0.3 is 5.73 Å². The molecule has 5 heteroatoms. The highest BCUT2D eigenvalue weighted by atomic mass is 16.1. The minimum absolute atomic E-state index is 0.148. The largest absolute Gasteiger partial charge is 0.369 e. The molecule has 0 saturated carbocycles. The Morgan fingerprint density at radius 1 is 1.40 bits per heavy atom. The molecule has 2 aromatic rings. The summed E-state index contributed by atoms with van der Waals surface area (Å²) in [6.07, 6.45) is 3.61. The summed E-state index contributed by atoms with van der Waals surface area (Å²) >= 11 is 0. The monoisotopic (exact) mass is 202 g/mol. The predicted octanol–water partition coefficient (Wildman–Crippen LogP) is 0.295. The fourth-order valence-corrected chi connectivity index (χ4v) is 1.28. The van der Waals surface area contributed by atoms with Gasteiger partial charge in [0.1, 0.15) is 0 Å². The number of nitrogens with zero attached hydrogens (tertiary/aromatic N) is 3. The van der Waals surface area contributed by atoms with Crippen LogP contribution >= 0.6 is 0 Å². The molecule has 0 aliphatic rings. The van der Waals surface area contributed by atoms with E-state index in [0.717, 1.165) is 0 Å². The summed E-state index contributed by atoms with van der Waals surface area (Å²) in [5.41, 5.74) is 5.74. The molecule has 0 radical (unpaired) electrons. The maximum atomic E-state index is 10.7. The van der Waals surface area contributed by atoms with E-state index in [4.69, 9.17) is 5.73 Å². The van der Waals surface area contributed by atoms with Crippen LogP contribution in [0.5, 0.6) is 0 Å². The summed E-state index contributed by atoms with van der Waals surface area (Å²) in [7, 11) is 0. The Kier molecular flexibility index (Phi) is 2.45. The van der Waals surface area contributed by atoms with Crippen LogP contribution in [0.3, 0.4) is 0 Å². The molecule has 76 valence electrons. The summed E-state index contributed by atoms with van der Waals surface area (Å²) in [5, 5.41) is 4.04. The molecule has 0 unspecified atom stereocenters. The molecule has 2 N–H and O–H groups in total. The van der Waals surface area contributed by atoms with Gasteiger partial charge in [-0.2, -0.15) is 5.10 Å². The molecular weight excluding hydrogens is 192 g/mol. The Balaban J connectivity index is 2.31. The number of rotatable bonds is 3. The number of hydrogen-bond acceptors (Lipinski definition) is 3. The van der Waals surface area contributed by atoms with Crippen molar-refractivity contribution in [3.63, 3.8) is 0 Å². The zero-order valence-electron chi connectivity index (χ0n) is 8.00. The van der Waals surface area contributed by atoms with Crippen LogP contribution in [0.1, 0.15) is 5.69 Å². The van der Waals surface area contributed by atoms with Crippen LogP contribution in [-0.2, 0) is 11.2 Å². The van der Waals surface area contributed by atoms with E-state index in [9.17, 15) is 4.79 Å². The zero-order valence-corrected chi connectivity index (χ0v) is 8.00. The second-order valence-corrected chi connectivity index (χ2v) is 3.08. The maximum absolute atomic E-state index is 10.7. The lowest BCUT2D eigenvalue weighted by atomic mass is 10.2. The molecule has 15 heavy (non-hydrogen) atoms. The molecule has 0 aliphatic carbocycles. The van der Waals surface area contributed by atoms with Crippen molar-refractivity contribution in [1.29, 1.82) is 0 Å². The third kappa shape index (κ3) is 2.19. The average molecular weight is 202 g/mol. The lowest BCUT2D eigenvalue weighted by molar-refractivity contribution is -0.117. The van der Waals surface area contributed by atoms with E-state index in [1.165, 1.54) is 0 Å². The molecule has 0 spiro atoms. The molecule has 5 nitrogen and oxygen atoms in total. The van der Waals surface area contributed by atoms with Crippen LogP contribution in [0, 0.1) is 0 Å². The van der Waals surface area contributed by atoms with Gasteiger partial charge in [-0.1, -0.05) is 6.07 Å². The van der Waals surface area contributed by atoms with E-state index in [1.807, 2.05) is 18.2 Å². The van der Waals surface area contributed by atoms with Crippen LogP contribution in [0.25, 0.3) is 5.82 Å². The van der Waals surface area contributed by atoms with Gasteiger partial charge in [-0.3, -0.25) is 4.79 Å². The summed E-state index contributed by atoms with van der Waals surface area (Å²) in [5.74, 6) is 0.291. The van der Waals surface area contributed by atoms with Gasteiger partial charge in [0.15, 0.2) is 5.82 Å². The van der Waals surface area contributed by atoms with Crippen LogP contribution in [0.2, 0.25) is 0 Å². The van der Waals surface area contributed by atoms with Gasteiger partial charge >= 0.3 is 0 Å². The fourth-order valence-electron chi connectivity index (χ4n) is 1.28. The van der Waals surface area contributed by atoms with E-state index in [1.54, 1.807) is 23.1 Å². The molecule has 2 rings (SSSR count). The fraction of sp³-hybridized carbons (Fsp3) is 0.100. The Morgan fingerprint density at radius 2 is 2.27 bits per heavy atom. The Bertz CT molecular complexity index is 464. The summed E-state index contributed by atoms with van der Waals surface area (Å²) in [6, 6.07) is 7.21. The van der Waals surface area contributed by atoms with Crippen molar-refractivity contribution in [2.24, 2.45) is 5.73 Å². The number of aromatic nitrogens is 3. The standard InChI is InChI=1S/C10H10N4O/c11-9(15)7-8-3-1-4-10(13-8)14-6-2-5-12-14/h1-6H,7H2,(H2,11,15). The smallest absolute Gasteiger partial charge is 0.223 e. The van der Waals surface area contributed by atoms with E-state index < -0.39 is 0 Å². The summed E-state index contributed by atoms with van der Waals surface area (Å²) in [4.78, 5) is 15.0. The van der Waals surface area contributed by atoms with Crippen LogP contribution in [0.4, 0.5) is 0 Å². The number of carbonyl (C=O) groups excluding carboxylic acids is 1. The average Bonchev–Trinajstić information content (AvgIpc) is 2.69. The Hall–Kier alpha value is -2.17. The van der Waals surface area contributed by atoms with Crippen molar-refractivity contribution in [2.75, 3.05) is 0 Å². The van der Waals surface area contributed by atoms with Crippen LogP contribution in [-0.4, -0.2) is 20.7 Å². The van der Waals surface area contributed by atoms with Gasteiger partial charge in [-0.15, -0.1) is 0 Å². The highest BCUT2D eigenvalue weighted by Crippen LogP contribution is 2.04. The first-order chi connectivity index (χ1) is 7.25. The number of pyridine rings is 1. The Labute approximate surface area is 86.5 Å². The van der Waals surface area contributed by atoms with E-state index >= 15 is 0 Å². The predicted molar refractivity (Wildman–Crippen MR) is 54.3 cm³/mol. The maximum Gasteiger partial charge on any atom is 0.223 e. The normalized spacial score (nSPS) is 10.1. The topological polar surface area (TPSA) is 73.8 Å². The lowest BCUT2D eigenvalue weighted by Gasteiger charge is -2.02. The molecule has 0 fully saturated rings. The van der Waals surface area contributed by atoms with Crippen LogP contribution < -0.4 is 5.73 Å². The van der Waals surface area contributed by atoms with Crippen molar-refractivity contribution >= 4 is 5.91 Å². The second-order valence-electron chi connectivity index (χ2n) is 3.08. The molecule has 2 aromatic heterocycles. The number of primary amides is 1. The third-order valence-electron chi connectivity index (χ3n) is 1.89. The second kappa shape index (κ2) is 3.91. The van der Waals surface area contributed by atoms with Gasteiger partial charge in [-0.25, -0.2) is 9.67 Å². The molecule has 0 aromatic carbocycles. The van der Waals surface area contributed by atoms with Gasteiger partial charge in [0, 0.05) is 12.4 Å². The molecule has 1 amide bonds. The molecule has 0 aliphatic heterocycles. The van der Waals surface area contributed by atoms with Crippen molar-refractivity contribution in [1.82, 2.24) is 14.8 Å². The third-order valence-corrected chi connectivity index (χ3v) is 1.89. The molecule has 2 heterocycles. The summed E-state index contributed by atoms with van der Waals surface area (Å²) in [6.45, 7) is 0. The number of carbonyl (C=O) groups is 1. The van der Waals surface area contributed by atoms with Gasteiger partial charge in [-0.05, 0) is 18.2 Å². The SMILES string of the molecule is NC(=O)Cc1cccc(-n2cccn2)n1. The van der Waals surface area contributed by atoms with Crippen molar-refractivity contribution < 1.29 is 4.79 Å². The van der Waals surface area contributed by atoms with Crippen molar-refractivity contribution in [2.45, 2.75) is 6.42 Å². The first-order valence-corrected chi connectivity index (χ1v) is 4.50. The lowest BCUT2D eigenvalue weighted by Crippen LogP contribution is -2.15. The van der Waals surface area contributed by atoms with Gasteiger partial charge in [0.05, 0.1) is 12.1 Å². The van der Waals surface area contributed by atoms with Crippen LogP contribution in [0.15, 0.2) is 36.7 Å². The molecule has 0 bridgehead atoms. The summed E-state index contributed by atoms with van der Waals surface area (Å²) < 4.78 is 1.63. The first-order valence-electron chi connectivity index (χ1n) is 4.50. The van der Waals surface area contributed by atoms with Crippen molar-refractivity contribution in [3.8, 4) is 5.82 Å². The molecular formula is C10H10N4O. The van der Waals surface area contributed by atoms with Gasteiger partial charge in [0.25, 0.3) is 0 Å². The highest BCUT2D eigenvalue weighted by molar-refractivity contribution is 5.76. The number of nitrogens with two attached hydrogens (primary N) is 1. The molecule has 0 saturated heterocycles. The van der Waals surface area contributed by atoms with E-state index in [2.05, 4.69) is 10.1 Å². The number of amides is 1. The first kappa shape index (κ1) is 9.39. The highest BCUT2D eigenvalue weighted by Gasteiger charge is 2.02. The quantitative estimate of drug-likeness (QED) is 0.777. The van der Waals surface area contributed by atoms with E-state index in [0.29, 0.717) is 11.5 Å². The van der Waals surface area contributed by atoms with E-state index in [-0.39, 0.29) is 12.3 Å². The minimum atomic E-state index is -0.389. The molecule has 0 atom stereocenters. The minimum Gasteiger partial charge on any atom is -0.369 e. The van der Waals surface area contributed by atoms with Gasteiger partial charge in [0.2, 0.25) is 5.91 Å². The Morgan fingerprint density at radius 3 is 2.93 bits per heavy atom. The number of hydrogen-bond donors (Lipinski definition) is 1. The van der Waals surface area contributed by atoms with Crippen molar-refractivity contribution in [3.05, 3.63) is 42.4 Å².